The van der Waals surface area contributed by atoms with Crippen LogP contribution >= 0.6 is 0 Å². The Morgan fingerprint density at radius 1 is 1.10 bits per heavy atom. The largest absolute Gasteiger partial charge is 0.497 e. The number of amides is 3. The molecule has 1 unspecified atom stereocenters. The van der Waals surface area contributed by atoms with Crippen LogP contribution in [0.15, 0.2) is 59.0 Å². The smallest absolute Gasteiger partial charge is 0.325 e. The van der Waals surface area contributed by atoms with E-state index in [-0.39, 0.29) is 12.5 Å². The highest BCUT2D eigenvalue weighted by atomic mass is 16.5. The molecule has 1 saturated heterocycles. The van der Waals surface area contributed by atoms with Gasteiger partial charge in [0.1, 0.15) is 22.7 Å². The van der Waals surface area contributed by atoms with Gasteiger partial charge in [0.2, 0.25) is 5.89 Å². The number of nitrogens with one attached hydrogen (secondary N) is 1. The van der Waals surface area contributed by atoms with E-state index in [2.05, 4.69) is 10.3 Å². The van der Waals surface area contributed by atoms with Gasteiger partial charge in [0, 0.05) is 5.56 Å². The van der Waals surface area contributed by atoms with Crippen LogP contribution in [0.4, 0.5) is 4.79 Å². The van der Waals surface area contributed by atoms with E-state index in [0.717, 1.165) is 16.9 Å². The summed E-state index contributed by atoms with van der Waals surface area (Å²) in [6, 6.07) is 16.8. The third-order valence-corrected chi connectivity index (χ3v) is 5.64. The van der Waals surface area contributed by atoms with Gasteiger partial charge in [0.25, 0.3) is 5.91 Å². The molecule has 1 atom stereocenters. The number of carbonyl (C=O) groups is 2. The molecule has 160 valence electrons. The van der Waals surface area contributed by atoms with Gasteiger partial charge in [0.15, 0.2) is 0 Å². The van der Waals surface area contributed by atoms with Crippen molar-refractivity contribution in [2.75, 3.05) is 7.11 Å². The molecule has 1 aromatic heterocycles. The topological polar surface area (TPSA) is 84.7 Å². The molecule has 2 aromatic carbocycles. The first-order chi connectivity index (χ1) is 14.9. The summed E-state index contributed by atoms with van der Waals surface area (Å²) in [6.45, 7) is 3.63. The molecule has 1 N–H and O–H groups in total. The van der Waals surface area contributed by atoms with E-state index in [1.807, 2.05) is 54.6 Å². The van der Waals surface area contributed by atoms with E-state index in [9.17, 15) is 9.59 Å². The highest BCUT2D eigenvalue weighted by Gasteiger charge is 2.47. The third-order valence-electron chi connectivity index (χ3n) is 5.64. The molecule has 1 fully saturated rings. The Labute approximate surface area is 181 Å². The minimum Gasteiger partial charge on any atom is -0.497 e. The van der Waals surface area contributed by atoms with E-state index in [1.165, 1.54) is 4.90 Å². The number of nitrogens with zero attached hydrogens (tertiary/aromatic N) is 2. The number of aryl methyl sites for hydroxylation is 2. The van der Waals surface area contributed by atoms with Crippen LogP contribution in [-0.2, 0) is 17.8 Å². The van der Waals surface area contributed by atoms with Crippen LogP contribution in [0.3, 0.4) is 0 Å². The van der Waals surface area contributed by atoms with Gasteiger partial charge in [-0.3, -0.25) is 9.69 Å². The molecule has 31 heavy (non-hydrogen) atoms. The van der Waals surface area contributed by atoms with Crippen LogP contribution in [-0.4, -0.2) is 34.5 Å². The Hall–Kier alpha value is -3.61. The van der Waals surface area contributed by atoms with Crippen molar-refractivity contribution < 1.29 is 18.7 Å². The fraction of sp³-hybridized carbons (Fsp3) is 0.292. The Morgan fingerprint density at radius 2 is 1.81 bits per heavy atom. The number of methoxy groups -OCH3 is 1. The lowest BCUT2D eigenvalue weighted by molar-refractivity contribution is -0.131. The minimum atomic E-state index is -0.961. The third kappa shape index (κ3) is 4.17. The molecule has 0 radical (unpaired) electrons. The number of urea groups is 1. The molecule has 0 bridgehead atoms. The fourth-order valence-corrected chi connectivity index (χ4v) is 3.68. The van der Waals surface area contributed by atoms with E-state index in [1.54, 1.807) is 21.0 Å². The van der Waals surface area contributed by atoms with Gasteiger partial charge in [-0.25, -0.2) is 9.78 Å². The molecule has 7 nitrogen and oxygen atoms in total. The molecule has 1 aliphatic rings. The van der Waals surface area contributed by atoms with Crippen molar-refractivity contribution in [2.45, 2.75) is 38.8 Å². The zero-order valence-corrected chi connectivity index (χ0v) is 17.8. The Bertz CT molecular complexity index is 1090. The van der Waals surface area contributed by atoms with Crippen molar-refractivity contribution in [3.8, 4) is 17.2 Å². The van der Waals surface area contributed by atoms with Gasteiger partial charge in [0.05, 0.1) is 13.7 Å². The second-order valence-electron chi connectivity index (χ2n) is 7.89. The lowest BCUT2D eigenvalue weighted by atomic mass is 9.93. The summed E-state index contributed by atoms with van der Waals surface area (Å²) < 4.78 is 10.9. The molecule has 0 spiro atoms. The predicted molar refractivity (Wildman–Crippen MR) is 115 cm³/mol. The molecule has 0 saturated carbocycles. The van der Waals surface area contributed by atoms with Crippen LogP contribution < -0.4 is 10.1 Å². The van der Waals surface area contributed by atoms with Gasteiger partial charge < -0.3 is 14.5 Å². The minimum absolute atomic E-state index is 0.0744. The molecule has 1 aliphatic heterocycles. The maximum Gasteiger partial charge on any atom is 0.325 e. The Morgan fingerprint density at radius 3 is 2.48 bits per heavy atom. The predicted octanol–water partition coefficient (Wildman–Crippen LogP) is 4.10. The van der Waals surface area contributed by atoms with Gasteiger partial charge in [-0.05, 0) is 56.5 Å². The zero-order chi connectivity index (χ0) is 22.0. The van der Waals surface area contributed by atoms with Gasteiger partial charge in [-0.1, -0.05) is 30.3 Å². The van der Waals surface area contributed by atoms with Crippen molar-refractivity contribution >= 4 is 11.9 Å². The summed E-state index contributed by atoms with van der Waals surface area (Å²) in [4.78, 5) is 31.5. The van der Waals surface area contributed by atoms with Crippen molar-refractivity contribution in [3.05, 3.63) is 71.6 Å². The van der Waals surface area contributed by atoms with Crippen molar-refractivity contribution in [3.63, 3.8) is 0 Å². The summed E-state index contributed by atoms with van der Waals surface area (Å²) in [7, 11) is 1.62. The standard InChI is InChI=1S/C24H25N3O4/c1-16-20(25-21(31-16)18-7-5-4-6-8-18)15-27-22(28)24(2,26-23(27)29)14-13-17-9-11-19(30-3)12-10-17/h4-12H,13-15H2,1-3H3,(H,26,29). The summed E-state index contributed by atoms with van der Waals surface area (Å²) in [5.41, 5.74) is 1.53. The number of ether oxygens (including phenoxy) is 1. The first kappa shape index (κ1) is 20.7. The highest BCUT2D eigenvalue weighted by Crippen LogP contribution is 2.27. The zero-order valence-electron chi connectivity index (χ0n) is 17.8. The number of imide groups is 1. The van der Waals surface area contributed by atoms with E-state index in [0.29, 0.717) is 30.2 Å². The van der Waals surface area contributed by atoms with Crippen LogP contribution in [0, 0.1) is 6.92 Å². The summed E-state index contributed by atoms with van der Waals surface area (Å²) in [5, 5.41) is 2.86. The molecule has 3 aromatic rings. The maximum absolute atomic E-state index is 13.1. The average molecular weight is 419 g/mol. The highest BCUT2D eigenvalue weighted by molar-refractivity contribution is 6.06. The number of rotatable bonds is 7. The maximum atomic E-state index is 13.1. The number of hydrogen-bond donors (Lipinski definition) is 1. The quantitative estimate of drug-likeness (QED) is 0.583. The molecule has 0 aliphatic carbocycles. The molecule has 7 heteroatoms. The van der Waals surface area contributed by atoms with Crippen LogP contribution in [0.1, 0.15) is 30.4 Å². The van der Waals surface area contributed by atoms with Gasteiger partial charge >= 0.3 is 6.03 Å². The second-order valence-corrected chi connectivity index (χ2v) is 7.89. The van der Waals surface area contributed by atoms with E-state index in [4.69, 9.17) is 9.15 Å². The molecule has 3 amide bonds. The van der Waals surface area contributed by atoms with Crippen LogP contribution in [0.25, 0.3) is 11.5 Å². The first-order valence-corrected chi connectivity index (χ1v) is 10.2. The normalized spacial score (nSPS) is 18.4. The number of aromatic nitrogens is 1. The number of carbonyl (C=O) groups excluding carboxylic acids is 2. The van der Waals surface area contributed by atoms with E-state index >= 15 is 0 Å². The Kier molecular flexibility index (Phi) is 5.50. The number of hydrogen-bond acceptors (Lipinski definition) is 5. The summed E-state index contributed by atoms with van der Waals surface area (Å²) in [5.74, 6) is 1.59. The SMILES string of the molecule is COc1ccc(CCC2(C)NC(=O)N(Cc3nc(-c4ccccc4)oc3C)C2=O)cc1. The molecule has 2 heterocycles. The fourth-order valence-electron chi connectivity index (χ4n) is 3.68. The number of benzene rings is 2. The first-order valence-electron chi connectivity index (χ1n) is 10.2. The van der Waals surface area contributed by atoms with Gasteiger partial charge in [-0.15, -0.1) is 0 Å². The average Bonchev–Trinajstić information content (AvgIpc) is 3.26. The Balaban J connectivity index is 1.46. The van der Waals surface area contributed by atoms with Crippen molar-refractivity contribution in [2.24, 2.45) is 0 Å². The van der Waals surface area contributed by atoms with Crippen molar-refractivity contribution in [1.82, 2.24) is 15.2 Å². The van der Waals surface area contributed by atoms with Crippen LogP contribution in [0.5, 0.6) is 5.75 Å². The summed E-state index contributed by atoms with van der Waals surface area (Å²) >= 11 is 0. The lowest BCUT2D eigenvalue weighted by Gasteiger charge is -2.21. The summed E-state index contributed by atoms with van der Waals surface area (Å²) in [6.07, 6.45) is 1.15. The second kappa shape index (κ2) is 8.26. The molecule has 4 rings (SSSR count). The molecular weight excluding hydrogens is 394 g/mol. The van der Waals surface area contributed by atoms with Gasteiger partial charge in [-0.2, -0.15) is 0 Å². The van der Waals surface area contributed by atoms with Crippen molar-refractivity contribution in [1.29, 1.82) is 0 Å². The van der Waals surface area contributed by atoms with Crippen LogP contribution in [0.2, 0.25) is 0 Å². The molecular formula is C24H25N3O4. The van der Waals surface area contributed by atoms with E-state index < -0.39 is 11.6 Å². The monoisotopic (exact) mass is 419 g/mol. The number of oxazole rings is 1. The lowest BCUT2D eigenvalue weighted by Crippen LogP contribution is -2.44.